The average molecular weight is 357 g/mol. The number of aromatic nitrogens is 3. The van der Waals surface area contributed by atoms with E-state index < -0.39 is 0 Å². The van der Waals surface area contributed by atoms with Crippen LogP contribution in [0.3, 0.4) is 0 Å². The maximum Gasteiger partial charge on any atom is 0.223 e. The highest BCUT2D eigenvalue weighted by molar-refractivity contribution is 5.76. The fourth-order valence-electron chi connectivity index (χ4n) is 3.69. The molecule has 0 aliphatic carbocycles. The van der Waals surface area contributed by atoms with Gasteiger partial charge in [-0.15, -0.1) is 0 Å². The van der Waals surface area contributed by atoms with Gasteiger partial charge in [0.05, 0.1) is 17.0 Å². The first kappa shape index (κ1) is 18.5. The third kappa shape index (κ3) is 4.27. The van der Waals surface area contributed by atoms with Gasteiger partial charge in [0.1, 0.15) is 12.1 Å². The zero-order valence-electron chi connectivity index (χ0n) is 15.6. The lowest BCUT2D eigenvalue weighted by Crippen LogP contribution is -2.33. The van der Waals surface area contributed by atoms with Gasteiger partial charge in [-0.25, -0.2) is 9.97 Å². The molecule has 3 rings (SSSR count). The molecule has 7 heteroatoms. The van der Waals surface area contributed by atoms with Crippen LogP contribution in [-0.2, 0) is 11.2 Å². The Hall–Kier alpha value is -2.28. The van der Waals surface area contributed by atoms with Crippen molar-refractivity contribution in [3.63, 3.8) is 0 Å². The molecule has 1 aliphatic heterocycles. The molecule has 1 fully saturated rings. The Morgan fingerprint density at radius 2 is 2.15 bits per heavy atom. The van der Waals surface area contributed by atoms with E-state index in [2.05, 4.69) is 15.1 Å². The van der Waals surface area contributed by atoms with Crippen molar-refractivity contribution < 1.29 is 9.32 Å². The highest BCUT2D eigenvalue weighted by atomic mass is 16.5. The van der Waals surface area contributed by atoms with Crippen molar-refractivity contribution in [3.8, 4) is 11.3 Å². The van der Waals surface area contributed by atoms with Crippen LogP contribution in [0.2, 0.25) is 0 Å². The summed E-state index contributed by atoms with van der Waals surface area (Å²) in [6, 6.07) is 2.04. The average Bonchev–Trinajstić information content (AvgIpc) is 2.82. The molecule has 3 heterocycles. The van der Waals surface area contributed by atoms with E-state index in [1.807, 2.05) is 24.8 Å². The van der Waals surface area contributed by atoms with Gasteiger partial charge in [-0.3, -0.25) is 4.79 Å². The molecule has 0 unspecified atom stereocenters. The number of aryl methyl sites for hydroxylation is 2. The molecule has 0 aromatic carbocycles. The number of nitrogens with zero attached hydrogens (tertiary/aromatic N) is 4. The molecule has 26 heavy (non-hydrogen) atoms. The van der Waals surface area contributed by atoms with Crippen LogP contribution < -0.4 is 5.73 Å². The van der Waals surface area contributed by atoms with Crippen LogP contribution in [0.5, 0.6) is 0 Å². The summed E-state index contributed by atoms with van der Waals surface area (Å²) in [5, 5.41) is 4.01. The smallest absolute Gasteiger partial charge is 0.223 e. The topological polar surface area (TPSA) is 98.1 Å². The third-order valence-corrected chi connectivity index (χ3v) is 5.07. The molecule has 1 aliphatic rings. The van der Waals surface area contributed by atoms with E-state index in [1.165, 1.54) is 0 Å². The Balaban J connectivity index is 1.66. The van der Waals surface area contributed by atoms with Gasteiger partial charge in [-0.05, 0) is 51.5 Å². The van der Waals surface area contributed by atoms with E-state index in [0.717, 1.165) is 67.2 Å². The number of rotatable bonds is 5. The lowest BCUT2D eigenvalue weighted by molar-refractivity contribution is -0.130. The Morgan fingerprint density at radius 3 is 2.88 bits per heavy atom. The lowest BCUT2D eigenvalue weighted by atomic mass is 9.94. The first-order valence-corrected chi connectivity index (χ1v) is 9.30. The Kier molecular flexibility index (Phi) is 5.98. The van der Waals surface area contributed by atoms with E-state index in [0.29, 0.717) is 18.9 Å². The van der Waals surface area contributed by atoms with Crippen molar-refractivity contribution in [1.29, 1.82) is 0 Å². The van der Waals surface area contributed by atoms with Gasteiger partial charge in [0.2, 0.25) is 5.91 Å². The largest absolute Gasteiger partial charge is 0.361 e. The molecule has 0 bridgehead atoms. The minimum atomic E-state index is 0.177. The van der Waals surface area contributed by atoms with Gasteiger partial charge in [0.25, 0.3) is 0 Å². The summed E-state index contributed by atoms with van der Waals surface area (Å²) in [5.41, 5.74) is 9.19. The van der Waals surface area contributed by atoms with Crippen LogP contribution in [-0.4, -0.2) is 45.6 Å². The predicted molar refractivity (Wildman–Crippen MR) is 98.3 cm³/mol. The molecule has 0 spiro atoms. The second kappa shape index (κ2) is 8.40. The Labute approximate surface area is 154 Å². The molecule has 0 radical (unpaired) electrons. The molecular weight excluding hydrogens is 330 g/mol. The van der Waals surface area contributed by atoms with Gasteiger partial charge < -0.3 is 15.2 Å². The summed E-state index contributed by atoms with van der Waals surface area (Å²) in [5.74, 6) is 1.48. The van der Waals surface area contributed by atoms with E-state index in [-0.39, 0.29) is 5.91 Å². The van der Waals surface area contributed by atoms with Gasteiger partial charge in [0, 0.05) is 31.7 Å². The fourth-order valence-corrected chi connectivity index (χ4v) is 3.69. The van der Waals surface area contributed by atoms with Crippen molar-refractivity contribution in [2.45, 2.75) is 46.0 Å². The SMILES string of the molecule is Cc1noc(C)c1-c1cc(C[C@@H]2CCCN(C(=O)CCN)CC2)ncn1. The Bertz CT molecular complexity index is 739. The normalized spacial score (nSPS) is 18.0. The number of carbonyl (C=O) groups is 1. The van der Waals surface area contributed by atoms with Gasteiger partial charge in [-0.1, -0.05) is 5.16 Å². The highest BCUT2D eigenvalue weighted by Crippen LogP contribution is 2.27. The molecule has 0 saturated carbocycles. The summed E-state index contributed by atoms with van der Waals surface area (Å²) in [4.78, 5) is 22.9. The van der Waals surface area contributed by atoms with Crippen molar-refractivity contribution >= 4 is 5.91 Å². The summed E-state index contributed by atoms with van der Waals surface area (Å²) < 4.78 is 5.25. The van der Waals surface area contributed by atoms with Crippen LogP contribution in [0.15, 0.2) is 16.9 Å². The molecule has 2 aromatic rings. The minimum absolute atomic E-state index is 0.177. The van der Waals surface area contributed by atoms with Crippen LogP contribution in [0.4, 0.5) is 0 Å². The standard InChI is InChI=1S/C19H27N5O2/c1-13-19(14(2)26-23-13)17-11-16(21-12-22-17)10-15-4-3-8-24(9-6-15)18(25)5-7-20/h11-12,15H,3-10,20H2,1-2H3/t15-/m1/s1. The van der Waals surface area contributed by atoms with E-state index in [9.17, 15) is 4.79 Å². The third-order valence-electron chi connectivity index (χ3n) is 5.07. The quantitative estimate of drug-likeness (QED) is 0.881. The molecule has 140 valence electrons. The van der Waals surface area contributed by atoms with E-state index >= 15 is 0 Å². The summed E-state index contributed by atoms with van der Waals surface area (Å²) >= 11 is 0. The first-order chi connectivity index (χ1) is 12.6. The number of likely N-dealkylation sites (tertiary alicyclic amines) is 1. The first-order valence-electron chi connectivity index (χ1n) is 9.30. The highest BCUT2D eigenvalue weighted by Gasteiger charge is 2.21. The molecular formula is C19H27N5O2. The van der Waals surface area contributed by atoms with Crippen molar-refractivity contribution in [3.05, 3.63) is 29.5 Å². The van der Waals surface area contributed by atoms with Crippen LogP contribution >= 0.6 is 0 Å². The molecule has 2 N–H and O–H groups in total. The maximum absolute atomic E-state index is 12.1. The number of amides is 1. The number of hydrogen-bond donors (Lipinski definition) is 1. The molecule has 1 atom stereocenters. The van der Waals surface area contributed by atoms with Crippen LogP contribution in [0.1, 0.15) is 42.8 Å². The van der Waals surface area contributed by atoms with Gasteiger partial charge in [-0.2, -0.15) is 0 Å². The number of hydrogen-bond acceptors (Lipinski definition) is 6. The fraction of sp³-hybridized carbons (Fsp3) is 0.579. The van der Waals surface area contributed by atoms with Crippen molar-refractivity contribution in [1.82, 2.24) is 20.0 Å². The summed E-state index contributed by atoms with van der Waals surface area (Å²) in [7, 11) is 0. The summed E-state index contributed by atoms with van der Waals surface area (Å²) in [6.07, 6.45) is 6.10. The lowest BCUT2D eigenvalue weighted by Gasteiger charge is -2.20. The molecule has 1 saturated heterocycles. The maximum atomic E-state index is 12.1. The molecule has 1 amide bonds. The zero-order valence-corrected chi connectivity index (χ0v) is 15.6. The van der Waals surface area contributed by atoms with E-state index in [4.69, 9.17) is 10.3 Å². The minimum Gasteiger partial charge on any atom is -0.361 e. The second-order valence-corrected chi connectivity index (χ2v) is 7.01. The van der Waals surface area contributed by atoms with Crippen molar-refractivity contribution in [2.24, 2.45) is 11.7 Å². The van der Waals surface area contributed by atoms with Crippen molar-refractivity contribution in [2.75, 3.05) is 19.6 Å². The molecule has 7 nitrogen and oxygen atoms in total. The predicted octanol–water partition coefficient (Wildman–Crippen LogP) is 2.27. The van der Waals surface area contributed by atoms with Gasteiger partial charge >= 0.3 is 0 Å². The second-order valence-electron chi connectivity index (χ2n) is 7.01. The molecule has 2 aromatic heterocycles. The monoisotopic (exact) mass is 357 g/mol. The number of nitrogens with two attached hydrogens (primary N) is 1. The summed E-state index contributed by atoms with van der Waals surface area (Å²) in [6.45, 7) is 5.89. The van der Waals surface area contributed by atoms with Crippen LogP contribution in [0.25, 0.3) is 11.3 Å². The van der Waals surface area contributed by atoms with Crippen LogP contribution in [0, 0.1) is 19.8 Å². The Morgan fingerprint density at radius 1 is 1.31 bits per heavy atom. The zero-order chi connectivity index (χ0) is 18.5. The number of carbonyl (C=O) groups excluding carboxylic acids is 1. The van der Waals surface area contributed by atoms with E-state index in [1.54, 1.807) is 6.33 Å². The van der Waals surface area contributed by atoms with Gasteiger partial charge in [0.15, 0.2) is 0 Å².